The molecule has 2 N–H and O–H groups in total. The van der Waals surface area contributed by atoms with E-state index in [9.17, 15) is 14.4 Å². The number of halogens is 2. The van der Waals surface area contributed by atoms with Crippen molar-refractivity contribution in [2.75, 3.05) is 31.1 Å². The van der Waals surface area contributed by atoms with Crippen LogP contribution in [0.4, 0.5) is 5.69 Å². The fourth-order valence-corrected chi connectivity index (χ4v) is 4.06. The second kappa shape index (κ2) is 7.42. The Balaban J connectivity index is 0.00000196. The number of piperazine rings is 1. The van der Waals surface area contributed by atoms with Crippen LogP contribution in [0.15, 0.2) is 12.1 Å². The van der Waals surface area contributed by atoms with Gasteiger partial charge in [-0.25, -0.2) is 0 Å². The molecule has 3 aliphatic rings. The molecule has 0 saturated carbocycles. The first-order valence-electron chi connectivity index (χ1n) is 8.47. The smallest absolute Gasteiger partial charge is 0.256 e. The molecule has 3 aliphatic heterocycles. The van der Waals surface area contributed by atoms with E-state index in [-0.39, 0.29) is 30.6 Å². The highest BCUT2D eigenvalue weighted by Crippen LogP contribution is 2.35. The van der Waals surface area contributed by atoms with Gasteiger partial charge in [-0.2, -0.15) is 0 Å². The number of anilines is 1. The van der Waals surface area contributed by atoms with Crippen molar-refractivity contribution >= 4 is 47.4 Å². The van der Waals surface area contributed by atoms with Gasteiger partial charge in [0.25, 0.3) is 5.91 Å². The lowest BCUT2D eigenvalue weighted by Gasteiger charge is -2.30. The van der Waals surface area contributed by atoms with E-state index >= 15 is 0 Å². The van der Waals surface area contributed by atoms with Crippen molar-refractivity contribution in [3.8, 4) is 0 Å². The molecule has 4 rings (SSSR count). The summed E-state index contributed by atoms with van der Waals surface area (Å²) in [4.78, 5) is 40.0. The predicted octanol–water partition coefficient (Wildman–Crippen LogP) is 0.932. The van der Waals surface area contributed by atoms with Crippen LogP contribution in [0.2, 0.25) is 5.02 Å². The zero-order valence-corrected chi connectivity index (χ0v) is 15.7. The average Bonchev–Trinajstić information content (AvgIpc) is 2.93. The van der Waals surface area contributed by atoms with E-state index in [1.807, 2.05) is 12.1 Å². The van der Waals surface area contributed by atoms with E-state index in [1.165, 1.54) is 4.90 Å². The third-order valence-corrected chi connectivity index (χ3v) is 5.34. The largest absolute Gasteiger partial charge is 0.369 e. The number of nitrogens with one attached hydrogen (secondary N) is 2. The maximum absolute atomic E-state index is 12.8. The van der Waals surface area contributed by atoms with E-state index in [4.69, 9.17) is 11.6 Å². The SMILES string of the molecule is Cl.O=C1CCC(N2Cc3cc(N4CCNCC4)cc(Cl)c3C2=O)C(=O)N1. The minimum absolute atomic E-state index is 0. The molecule has 0 spiro atoms. The molecule has 1 aromatic rings. The molecule has 7 nitrogen and oxygen atoms in total. The number of carbonyl (C=O) groups is 3. The zero-order chi connectivity index (χ0) is 17.6. The van der Waals surface area contributed by atoms with Gasteiger partial charge < -0.3 is 15.1 Å². The highest BCUT2D eigenvalue weighted by molar-refractivity contribution is 6.34. The second-order valence-electron chi connectivity index (χ2n) is 6.60. The first-order chi connectivity index (χ1) is 12.0. The van der Waals surface area contributed by atoms with Crippen LogP contribution in [0.1, 0.15) is 28.8 Å². The Morgan fingerprint density at radius 1 is 1.12 bits per heavy atom. The third kappa shape index (κ3) is 3.26. The van der Waals surface area contributed by atoms with E-state index in [2.05, 4.69) is 15.5 Å². The molecule has 140 valence electrons. The Bertz CT molecular complexity index is 765. The maximum atomic E-state index is 12.8. The normalized spacial score (nSPS) is 22.8. The summed E-state index contributed by atoms with van der Waals surface area (Å²) in [6.07, 6.45) is 0.600. The molecule has 0 aliphatic carbocycles. The molecule has 0 radical (unpaired) electrons. The summed E-state index contributed by atoms with van der Waals surface area (Å²) >= 11 is 6.41. The minimum Gasteiger partial charge on any atom is -0.369 e. The molecule has 1 atom stereocenters. The summed E-state index contributed by atoms with van der Waals surface area (Å²) in [5, 5.41) is 6.04. The van der Waals surface area contributed by atoms with E-state index in [0.717, 1.165) is 37.4 Å². The van der Waals surface area contributed by atoms with Gasteiger partial charge in [-0.15, -0.1) is 12.4 Å². The Hall–Kier alpha value is -1.83. The molecule has 26 heavy (non-hydrogen) atoms. The number of carbonyl (C=O) groups excluding carboxylic acids is 3. The molecule has 9 heteroatoms. The van der Waals surface area contributed by atoms with Crippen LogP contribution < -0.4 is 15.5 Å². The third-order valence-electron chi connectivity index (χ3n) is 5.04. The standard InChI is InChI=1S/C17H19ClN4O3.ClH/c18-12-8-11(21-5-3-19-4-6-21)7-10-9-22(17(25)15(10)12)13-1-2-14(23)20-16(13)24;/h7-8,13,19H,1-6,9H2,(H,20,23,24);1H. The van der Waals surface area contributed by atoms with Gasteiger partial charge in [0.05, 0.1) is 10.6 Å². The molecule has 2 saturated heterocycles. The van der Waals surface area contributed by atoms with E-state index in [1.54, 1.807) is 0 Å². The van der Waals surface area contributed by atoms with Crippen LogP contribution in [0.25, 0.3) is 0 Å². The molecule has 2 fully saturated rings. The number of imide groups is 1. The van der Waals surface area contributed by atoms with Gasteiger partial charge in [0.2, 0.25) is 11.8 Å². The van der Waals surface area contributed by atoms with E-state index in [0.29, 0.717) is 23.6 Å². The lowest BCUT2D eigenvalue weighted by Crippen LogP contribution is -2.52. The van der Waals surface area contributed by atoms with Crippen LogP contribution in [-0.2, 0) is 16.1 Å². The Morgan fingerprint density at radius 3 is 2.54 bits per heavy atom. The number of rotatable bonds is 2. The fraction of sp³-hybridized carbons (Fsp3) is 0.471. The van der Waals surface area contributed by atoms with E-state index < -0.39 is 11.9 Å². The molecule has 1 unspecified atom stereocenters. The molecular weight excluding hydrogens is 379 g/mol. The molecular formula is C17H20Cl2N4O3. The second-order valence-corrected chi connectivity index (χ2v) is 7.01. The van der Waals surface area contributed by atoms with Crippen LogP contribution >= 0.6 is 24.0 Å². The quantitative estimate of drug-likeness (QED) is 0.724. The van der Waals surface area contributed by atoms with Crippen LogP contribution in [0.3, 0.4) is 0 Å². The molecule has 0 bridgehead atoms. The highest BCUT2D eigenvalue weighted by atomic mass is 35.5. The van der Waals surface area contributed by atoms with Crippen molar-refractivity contribution in [3.05, 3.63) is 28.3 Å². The van der Waals surface area contributed by atoms with Gasteiger partial charge in [0.15, 0.2) is 0 Å². The minimum atomic E-state index is -0.615. The maximum Gasteiger partial charge on any atom is 0.256 e. The van der Waals surface area contributed by atoms with Crippen LogP contribution in [0, 0.1) is 0 Å². The first-order valence-corrected chi connectivity index (χ1v) is 8.85. The Kier molecular flexibility index (Phi) is 5.41. The van der Waals surface area contributed by atoms with Gasteiger partial charge in [0.1, 0.15) is 6.04 Å². The van der Waals surface area contributed by atoms with Crippen molar-refractivity contribution in [2.24, 2.45) is 0 Å². The topological polar surface area (TPSA) is 81.8 Å². The number of hydrogen-bond donors (Lipinski definition) is 2. The number of nitrogens with zero attached hydrogens (tertiary/aromatic N) is 2. The van der Waals surface area contributed by atoms with Crippen molar-refractivity contribution in [1.29, 1.82) is 0 Å². The molecule has 1 aromatic carbocycles. The summed E-state index contributed by atoms with van der Waals surface area (Å²) in [6.45, 7) is 3.95. The molecule has 3 heterocycles. The monoisotopic (exact) mass is 398 g/mol. The molecule has 3 amide bonds. The Labute approximate surface area is 162 Å². The summed E-state index contributed by atoms with van der Waals surface area (Å²) in [5.41, 5.74) is 2.32. The van der Waals surface area contributed by atoms with Gasteiger partial charge in [-0.3, -0.25) is 19.7 Å². The van der Waals surface area contributed by atoms with Gasteiger partial charge >= 0.3 is 0 Å². The fourth-order valence-electron chi connectivity index (χ4n) is 3.75. The summed E-state index contributed by atoms with van der Waals surface area (Å²) in [6, 6.07) is 3.21. The van der Waals surface area contributed by atoms with Gasteiger partial charge in [-0.1, -0.05) is 11.6 Å². The lowest BCUT2D eigenvalue weighted by atomic mass is 10.0. The number of piperidine rings is 1. The van der Waals surface area contributed by atoms with Crippen LogP contribution in [-0.4, -0.2) is 54.8 Å². The zero-order valence-electron chi connectivity index (χ0n) is 14.1. The van der Waals surface area contributed by atoms with Crippen LogP contribution in [0.5, 0.6) is 0 Å². The summed E-state index contributed by atoms with van der Waals surface area (Å²) in [7, 11) is 0. The first kappa shape index (κ1) is 18.9. The van der Waals surface area contributed by atoms with Gasteiger partial charge in [-0.05, 0) is 24.1 Å². The predicted molar refractivity (Wildman–Crippen MR) is 99.8 cm³/mol. The number of benzene rings is 1. The van der Waals surface area contributed by atoms with Crippen molar-refractivity contribution < 1.29 is 14.4 Å². The highest BCUT2D eigenvalue weighted by Gasteiger charge is 2.40. The van der Waals surface area contributed by atoms with Crippen molar-refractivity contribution in [2.45, 2.75) is 25.4 Å². The summed E-state index contributed by atoms with van der Waals surface area (Å²) < 4.78 is 0. The average molecular weight is 399 g/mol. The number of hydrogen-bond acceptors (Lipinski definition) is 5. The van der Waals surface area contributed by atoms with Gasteiger partial charge in [0, 0.05) is 44.8 Å². The number of fused-ring (bicyclic) bond motifs is 1. The summed E-state index contributed by atoms with van der Waals surface area (Å²) in [5.74, 6) is -0.929. The molecule has 0 aromatic heterocycles. The van der Waals surface area contributed by atoms with Crippen molar-refractivity contribution in [3.63, 3.8) is 0 Å². The van der Waals surface area contributed by atoms with Crippen molar-refractivity contribution in [1.82, 2.24) is 15.5 Å². The number of amides is 3. The lowest BCUT2D eigenvalue weighted by molar-refractivity contribution is -0.136. The Morgan fingerprint density at radius 2 is 1.85 bits per heavy atom.